The molecule has 0 radical (unpaired) electrons. The zero-order valence-corrected chi connectivity index (χ0v) is 11.8. The van der Waals surface area contributed by atoms with Crippen LogP contribution in [0.4, 0.5) is 10.1 Å². The number of nitrogens with two attached hydrogens (primary N) is 1. The van der Waals surface area contributed by atoms with Crippen molar-refractivity contribution in [3.63, 3.8) is 0 Å². The molecule has 0 saturated carbocycles. The Morgan fingerprint density at radius 3 is 2.76 bits per heavy atom. The van der Waals surface area contributed by atoms with Crippen molar-refractivity contribution in [1.29, 1.82) is 0 Å². The third-order valence-electron chi connectivity index (χ3n) is 3.16. The van der Waals surface area contributed by atoms with Crippen LogP contribution in [-0.2, 0) is 6.54 Å². The van der Waals surface area contributed by atoms with E-state index in [-0.39, 0.29) is 17.9 Å². The van der Waals surface area contributed by atoms with Gasteiger partial charge in [-0.1, -0.05) is 0 Å². The molecule has 2 rings (SSSR count). The van der Waals surface area contributed by atoms with Gasteiger partial charge in [-0.2, -0.15) is 0 Å². The Morgan fingerprint density at radius 1 is 1.38 bits per heavy atom. The summed E-state index contributed by atoms with van der Waals surface area (Å²) in [7, 11) is 0. The third kappa shape index (κ3) is 3.28. The van der Waals surface area contributed by atoms with E-state index in [1.807, 2.05) is 6.92 Å². The molecule has 5 nitrogen and oxygen atoms in total. The number of primary amides is 1. The van der Waals surface area contributed by atoms with Crippen LogP contribution in [0.15, 0.2) is 24.3 Å². The molecule has 1 heterocycles. The van der Waals surface area contributed by atoms with E-state index in [0.29, 0.717) is 16.9 Å². The molecule has 0 unspecified atom stereocenters. The highest BCUT2D eigenvalue weighted by atomic mass is 19.1. The highest BCUT2D eigenvalue weighted by molar-refractivity contribution is 5.94. The van der Waals surface area contributed by atoms with Crippen molar-refractivity contribution < 1.29 is 14.3 Å². The second-order valence-electron chi connectivity index (χ2n) is 4.77. The Hall–Kier alpha value is -2.63. The van der Waals surface area contributed by atoms with Gasteiger partial charge in [0.2, 0.25) is 5.91 Å². The summed E-state index contributed by atoms with van der Waals surface area (Å²) in [6, 6.07) is 5.82. The fourth-order valence-corrected chi connectivity index (χ4v) is 1.92. The Balaban J connectivity index is 2.27. The van der Waals surface area contributed by atoms with Crippen LogP contribution in [0.1, 0.15) is 27.3 Å². The number of carbonyl (C=O) groups is 1. The van der Waals surface area contributed by atoms with E-state index in [4.69, 9.17) is 5.73 Å². The van der Waals surface area contributed by atoms with Crippen molar-refractivity contribution in [1.82, 2.24) is 4.98 Å². The SMILES string of the molecule is Cc1ccc(O)c(CNc2cc(C(N)=O)cc(F)c2C)n1. The molecule has 0 spiro atoms. The molecule has 0 aliphatic carbocycles. The number of nitrogens with zero attached hydrogens (tertiary/aromatic N) is 1. The fourth-order valence-electron chi connectivity index (χ4n) is 1.92. The molecule has 0 fully saturated rings. The third-order valence-corrected chi connectivity index (χ3v) is 3.16. The van der Waals surface area contributed by atoms with E-state index < -0.39 is 11.7 Å². The number of benzene rings is 1. The van der Waals surface area contributed by atoms with Crippen LogP contribution < -0.4 is 11.1 Å². The predicted molar refractivity (Wildman–Crippen MR) is 77.6 cm³/mol. The number of aromatic nitrogens is 1. The van der Waals surface area contributed by atoms with Crippen LogP contribution in [0, 0.1) is 19.7 Å². The Labute approximate surface area is 121 Å². The van der Waals surface area contributed by atoms with Crippen molar-refractivity contribution in [3.8, 4) is 5.75 Å². The van der Waals surface area contributed by atoms with Gasteiger partial charge in [0.25, 0.3) is 0 Å². The molecule has 0 saturated heterocycles. The molecular weight excluding hydrogens is 273 g/mol. The Morgan fingerprint density at radius 2 is 2.10 bits per heavy atom. The minimum atomic E-state index is -0.700. The van der Waals surface area contributed by atoms with E-state index in [2.05, 4.69) is 10.3 Å². The second kappa shape index (κ2) is 5.78. The number of amides is 1. The summed E-state index contributed by atoms with van der Waals surface area (Å²) in [5, 5.41) is 12.7. The first-order valence-corrected chi connectivity index (χ1v) is 6.38. The molecule has 0 aliphatic heterocycles. The first-order valence-electron chi connectivity index (χ1n) is 6.38. The number of hydrogen-bond acceptors (Lipinski definition) is 4. The topological polar surface area (TPSA) is 88.2 Å². The summed E-state index contributed by atoms with van der Waals surface area (Å²) in [5.74, 6) is -1.17. The van der Waals surface area contributed by atoms with Crippen LogP contribution in [-0.4, -0.2) is 16.0 Å². The maximum atomic E-state index is 13.8. The lowest BCUT2D eigenvalue weighted by atomic mass is 10.1. The van der Waals surface area contributed by atoms with Gasteiger partial charge in [0.1, 0.15) is 17.3 Å². The number of pyridine rings is 1. The molecular formula is C15H16FN3O2. The standard InChI is InChI=1S/C15H16FN3O2/c1-8-3-4-14(20)13(19-8)7-18-12-6-10(15(17)21)5-11(16)9(12)2/h3-6,18,20H,7H2,1-2H3,(H2,17,21). The van der Waals surface area contributed by atoms with Gasteiger partial charge in [0, 0.05) is 22.5 Å². The number of carbonyl (C=O) groups excluding carboxylic acids is 1. The van der Waals surface area contributed by atoms with Crippen molar-refractivity contribution in [2.75, 3.05) is 5.32 Å². The van der Waals surface area contributed by atoms with Crippen LogP contribution in [0.5, 0.6) is 5.75 Å². The van der Waals surface area contributed by atoms with E-state index in [1.54, 1.807) is 19.1 Å². The molecule has 6 heteroatoms. The lowest BCUT2D eigenvalue weighted by Crippen LogP contribution is -2.13. The Kier molecular flexibility index (Phi) is 4.07. The Bertz CT molecular complexity index is 702. The van der Waals surface area contributed by atoms with Gasteiger partial charge in [-0.3, -0.25) is 9.78 Å². The summed E-state index contributed by atoms with van der Waals surface area (Å²) in [6.45, 7) is 3.60. The largest absolute Gasteiger partial charge is 0.506 e. The van der Waals surface area contributed by atoms with E-state index >= 15 is 0 Å². The second-order valence-corrected chi connectivity index (χ2v) is 4.77. The normalized spacial score (nSPS) is 10.4. The summed E-state index contributed by atoms with van der Waals surface area (Å²) in [5.41, 5.74) is 7.26. The molecule has 0 aliphatic rings. The van der Waals surface area contributed by atoms with Gasteiger partial charge in [-0.15, -0.1) is 0 Å². The predicted octanol–water partition coefficient (Wildman–Crippen LogP) is 2.25. The number of nitrogens with one attached hydrogen (secondary N) is 1. The average Bonchev–Trinajstić information content (AvgIpc) is 2.43. The number of aryl methyl sites for hydroxylation is 1. The lowest BCUT2D eigenvalue weighted by Gasteiger charge is -2.12. The first kappa shape index (κ1) is 14.8. The van der Waals surface area contributed by atoms with Crippen molar-refractivity contribution in [2.24, 2.45) is 5.73 Å². The van der Waals surface area contributed by atoms with Gasteiger partial charge >= 0.3 is 0 Å². The summed E-state index contributed by atoms with van der Waals surface area (Å²) in [6.07, 6.45) is 0. The number of anilines is 1. The molecule has 1 aromatic carbocycles. The number of hydrogen-bond donors (Lipinski definition) is 3. The zero-order chi connectivity index (χ0) is 15.6. The summed E-state index contributed by atoms with van der Waals surface area (Å²) in [4.78, 5) is 15.4. The summed E-state index contributed by atoms with van der Waals surface area (Å²) >= 11 is 0. The minimum absolute atomic E-state index is 0.0530. The van der Waals surface area contributed by atoms with E-state index in [9.17, 15) is 14.3 Å². The van der Waals surface area contributed by atoms with Gasteiger partial charge in [0.05, 0.1) is 6.54 Å². The smallest absolute Gasteiger partial charge is 0.248 e. The maximum Gasteiger partial charge on any atom is 0.248 e. The van der Waals surface area contributed by atoms with Crippen molar-refractivity contribution >= 4 is 11.6 Å². The van der Waals surface area contributed by atoms with E-state index in [0.717, 1.165) is 11.8 Å². The molecule has 1 aromatic heterocycles. The number of aromatic hydroxyl groups is 1. The van der Waals surface area contributed by atoms with Crippen LogP contribution in [0.25, 0.3) is 0 Å². The van der Waals surface area contributed by atoms with Crippen molar-refractivity contribution in [2.45, 2.75) is 20.4 Å². The molecule has 4 N–H and O–H groups in total. The van der Waals surface area contributed by atoms with Crippen LogP contribution in [0.2, 0.25) is 0 Å². The summed E-state index contributed by atoms with van der Waals surface area (Å²) < 4.78 is 13.8. The minimum Gasteiger partial charge on any atom is -0.506 e. The molecule has 0 bridgehead atoms. The molecule has 0 atom stereocenters. The highest BCUT2D eigenvalue weighted by Gasteiger charge is 2.11. The van der Waals surface area contributed by atoms with Gasteiger partial charge in [0.15, 0.2) is 0 Å². The number of rotatable bonds is 4. The van der Waals surface area contributed by atoms with Gasteiger partial charge < -0.3 is 16.2 Å². The highest BCUT2D eigenvalue weighted by Crippen LogP contribution is 2.22. The molecule has 21 heavy (non-hydrogen) atoms. The van der Waals surface area contributed by atoms with E-state index in [1.165, 1.54) is 6.07 Å². The van der Waals surface area contributed by atoms with Crippen molar-refractivity contribution in [3.05, 3.63) is 52.6 Å². The zero-order valence-electron chi connectivity index (χ0n) is 11.8. The van der Waals surface area contributed by atoms with Crippen LogP contribution in [0.3, 0.4) is 0 Å². The fraction of sp³-hybridized carbons (Fsp3) is 0.200. The monoisotopic (exact) mass is 289 g/mol. The first-order chi connectivity index (χ1) is 9.88. The van der Waals surface area contributed by atoms with Gasteiger partial charge in [-0.05, 0) is 38.1 Å². The van der Waals surface area contributed by atoms with Crippen LogP contribution >= 0.6 is 0 Å². The maximum absolute atomic E-state index is 13.8. The lowest BCUT2D eigenvalue weighted by molar-refractivity contribution is 0.1000. The molecule has 110 valence electrons. The number of halogens is 1. The quantitative estimate of drug-likeness (QED) is 0.805. The molecule has 2 aromatic rings. The average molecular weight is 289 g/mol. The molecule has 1 amide bonds. The van der Waals surface area contributed by atoms with Gasteiger partial charge in [-0.25, -0.2) is 4.39 Å².